The number of aryl methyl sites for hydroxylation is 1. The van der Waals surface area contributed by atoms with Crippen LogP contribution < -0.4 is 5.32 Å². The molecule has 0 aromatic carbocycles. The Morgan fingerprint density at radius 2 is 2.31 bits per heavy atom. The lowest BCUT2D eigenvalue weighted by Crippen LogP contribution is -2.27. The van der Waals surface area contributed by atoms with Crippen LogP contribution in [0.1, 0.15) is 21.7 Å². The fourth-order valence-corrected chi connectivity index (χ4v) is 3.16. The van der Waals surface area contributed by atoms with Crippen LogP contribution in [-0.2, 0) is 13.0 Å². The molecule has 16 heavy (non-hydrogen) atoms. The molecule has 0 aliphatic rings. The Kier molecular flexibility index (Phi) is 4.09. The number of hydrogen-bond donors (Lipinski definition) is 1. The topological polar surface area (TPSA) is 24.9 Å². The van der Waals surface area contributed by atoms with E-state index >= 15 is 0 Å². The van der Waals surface area contributed by atoms with Gasteiger partial charge in [-0.2, -0.15) is 0 Å². The molecule has 0 aliphatic heterocycles. The molecular weight excluding hydrogens is 236 g/mol. The van der Waals surface area contributed by atoms with E-state index in [9.17, 15) is 0 Å². The van der Waals surface area contributed by atoms with Crippen LogP contribution in [0.5, 0.6) is 0 Å². The first kappa shape index (κ1) is 11.8. The summed E-state index contributed by atoms with van der Waals surface area (Å²) in [5.41, 5.74) is 0. The molecule has 2 aromatic rings. The van der Waals surface area contributed by atoms with Crippen LogP contribution in [0.25, 0.3) is 0 Å². The molecule has 2 aromatic heterocycles. The second kappa shape index (κ2) is 5.57. The van der Waals surface area contributed by atoms with Gasteiger partial charge in [-0.15, -0.1) is 22.7 Å². The van der Waals surface area contributed by atoms with Gasteiger partial charge in [0.2, 0.25) is 0 Å². The second-order valence-electron chi connectivity index (χ2n) is 3.92. The van der Waals surface area contributed by atoms with Crippen molar-refractivity contribution in [3.63, 3.8) is 0 Å². The van der Waals surface area contributed by atoms with Gasteiger partial charge >= 0.3 is 0 Å². The highest BCUT2D eigenvalue weighted by Gasteiger charge is 2.05. The molecule has 0 spiro atoms. The highest BCUT2D eigenvalue weighted by Crippen LogP contribution is 2.16. The Morgan fingerprint density at radius 1 is 1.44 bits per heavy atom. The molecule has 0 saturated carbocycles. The Balaban J connectivity index is 1.78. The van der Waals surface area contributed by atoms with Crippen molar-refractivity contribution in [2.45, 2.75) is 32.9 Å². The van der Waals surface area contributed by atoms with E-state index in [2.05, 4.69) is 36.3 Å². The highest BCUT2D eigenvalue weighted by atomic mass is 32.1. The predicted octanol–water partition coefficient (Wildman–Crippen LogP) is 3.23. The van der Waals surface area contributed by atoms with Crippen LogP contribution >= 0.6 is 22.7 Å². The SMILES string of the molecule is Cc1ccc(CC(C)NCc2nccs2)s1. The number of nitrogens with one attached hydrogen (secondary N) is 1. The van der Waals surface area contributed by atoms with E-state index in [0.29, 0.717) is 6.04 Å². The van der Waals surface area contributed by atoms with Crippen LogP contribution in [-0.4, -0.2) is 11.0 Å². The molecule has 0 fully saturated rings. The molecule has 2 rings (SSSR count). The van der Waals surface area contributed by atoms with Crippen LogP contribution in [0.4, 0.5) is 0 Å². The lowest BCUT2D eigenvalue weighted by molar-refractivity contribution is 0.547. The van der Waals surface area contributed by atoms with Crippen molar-refractivity contribution in [1.29, 1.82) is 0 Å². The van der Waals surface area contributed by atoms with Crippen molar-refractivity contribution in [3.8, 4) is 0 Å². The maximum Gasteiger partial charge on any atom is 0.106 e. The molecule has 2 nitrogen and oxygen atoms in total. The van der Waals surface area contributed by atoms with Gasteiger partial charge in [0.15, 0.2) is 0 Å². The number of rotatable bonds is 5. The molecule has 1 N–H and O–H groups in total. The molecule has 0 amide bonds. The fraction of sp³-hybridized carbons (Fsp3) is 0.417. The van der Waals surface area contributed by atoms with Crippen LogP contribution in [0.2, 0.25) is 0 Å². The van der Waals surface area contributed by atoms with Gasteiger partial charge in [-0.1, -0.05) is 0 Å². The summed E-state index contributed by atoms with van der Waals surface area (Å²) in [4.78, 5) is 7.10. The smallest absolute Gasteiger partial charge is 0.106 e. The van der Waals surface area contributed by atoms with E-state index in [4.69, 9.17) is 0 Å². The zero-order valence-corrected chi connectivity index (χ0v) is 11.2. The quantitative estimate of drug-likeness (QED) is 0.883. The van der Waals surface area contributed by atoms with E-state index in [1.807, 2.05) is 22.9 Å². The Hall–Kier alpha value is -0.710. The van der Waals surface area contributed by atoms with Gasteiger partial charge in [-0.25, -0.2) is 4.98 Å². The number of thiophene rings is 1. The van der Waals surface area contributed by atoms with Gasteiger partial charge in [0.05, 0.1) is 0 Å². The zero-order chi connectivity index (χ0) is 11.4. The van der Waals surface area contributed by atoms with Crippen molar-refractivity contribution < 1.29 is 0 Å². The summed E-state index contributed by atoms with van der Waals surface area (Å²) in [5, 5.41) is 6.68. The third kappa shape index (κ3) is 3.40. The average molecular weight is 252 g/mol. The van der Waals surface area contributed by atoms with Crippen molar-refractivity contribution in [3.05, 3.63) is 38.5 Å². The van der Waals surface area contributed by atoms with Crippen LogP contribution in [0.3, 0.4) is 0 Å². The Labute approximate surface area is 104 Å². The number of thiazole rings is 1. The summed E-state index contributed by atoms with van der Waals surface area (Å²) < 4.78 is 0. The zero-order valence-electron chi connectivity index (χ0n) is 9.56. The van der Waals surface area contributed by atoms with Crippen molar-refractivity contribution in [1.82, 2.24) is 10.3 Å². The number of aromatic nitrogens is 1. The molecule has 0 aliphatic carbocycles. The van der Waals surface area contributed by atoms with Gasteiger partial charge in [0, 0.05) is 33.9 Å². The first-order chi connectivity index (χ1) is 7.74. The summed E-state index contributed by atoms with van der Waals surface area (Å²) >= 11 is 3.59. The largest absolute Gasteiger partial charge is 0.308 e. The molecule has 1 atom stereocenters. The van der Waals surface area contributed by atoms with Gasteiger partial charge in [0.1, 0.15) is 5.01 Å². The lowest BCUT2D eigenvalue weighted by Gasteiger charge is -2.11. The van der Waals surface area contributed by atoms with Gasteiger partial charge in [-0.05, 0) is 32.4 Å². The third-order valence-electron chi connectivity index (χ3n) is 2.39. The maximum absolute atomic E-state index is 4.26. The van der Waals surface area contributed by atoms with E-state index in [1.54, 1.807) is 11.3 Å². The van der Waals surface area contributed by atoms with E-state index < -0.39 is 0 Å². The van der Waals surface area contributed by atoms with E-state index in [0.717, 1.165) is 18.0 Å². The standard InChI is InChI=1S/C12H16N2S2/c1-9(7-11-4-3-10(2)16-11)14-8-12-13-5-6-15-12/h3-6,9,14H,7-8H2,1-2H3. The minimum atomic E-state index is 0.502. The number of nitrogens with zero attached hydrogens (tertiary/aromatic N) is 1. The summed E-state index contributed by atoms with van der Waals surface area (Å²) in [6.07, 6.45) is 2.96. The molecule has 4 heteroatoms. The number of hydrogen-bond acceptors (Lipinski definition) is 4. The maximum atomic E-state index is 4.26. The Morgan fingerprint density at radius 3 is 2.94 bits per heavy atom. The van der Waals surface area contributed by atoms with Crippen molar-refractivity contribution in [2.24, 2.45) is 0 Å². The molecule has 1 unspecified atom stereocenters. The van der Waals surface area contributed by atoms with Crippen molar-refractivity contribution in [2.75, 3.05) is 0 Å². The van der Waals surface area contributed by atoms with Crippen LogP contribution in [0.15, 0.2) is 23.7 Å². The van der Waals surface area contributed by atoms with Gasteiger partial charge in [0.25, 0.3) is 0 Å². The monoisotopic (exact) mass is 252 g/mol. The average Bonchev–Trinajstić information content (AvgIpc) is 2.87. The first-order valence-corrected chi connectivity index (χ1v) is 7.10. The second-order valence-corrected chi connectivity index (χ2v) is 6.28. The highest BCUT2D eigenvalue weighted by molar-refractivity contribution is 7.11. The lowest BCUT2D eigenvalue weighted by atomic mass is 10.2. The molecule has 2 heterocycles. The molecular formula is C12H16N2S2. The van der Waals surface area contributed by atoms with Gasteiger partial charge < -0.3 is 5.32 Å². The predicted molar refractivity (Wildman–Crippen MR) is 71.2 cm³/mol. The molecule has 0 bridgehead atoms. The first-order valence-electron chi connectivity index (χ1n) is 5.41. The van der Waals surface area contributed by atoms with Gasteiger partial charge in [-0.3, -0.25) is 0 Å². The molecule has 0 saturated heterocycles. The van der Waals surface area contributed by atoms with Crippen molar-refractivity contribution >= 4 is 22.7 Å². The van der Waals surface area contributed by atoms with Crippen LogP contribution in [0, 0.1) is 6.92 Å². The van der Waals surface area contributed by atoms with E-state index in [1.165, 1.54) is 9.75 Å². The minimum absolute atomic E-state index is 0.502. The fourth-order valence-electron chi connectivity index (χ4n) is 1.57. The molecule has 86 valence electrons. The third-order valence-corrected chi connectivity index (χ3v) is 4.19. The summed E-state index contributed by atoms with van der Waals surface area (Å²) in [7, 11) is 0. The Bertz CT molecular complexity index is 420. The summed E-state index contributed by atoms with van der Waals surface area (Å²) in [6, 6.07) is 4.91. The summed E-state index contributed by atoms with van der Waals surface area (Å²) in [6.45, 7) is 5.26. The normalized spacial score (nSPS) is 12.9. The minimum Gasteiger partial charge on any atom is -0.308 e. The molecule has 0 radical (unpaired) electrons. The summed E-state index contributed by atoms with van der Waals surface area (Å²) in [5.74, 6) is 0. The van der Waals surface area contributed by atoms with E-state index in [-0.39, 0.29) is 0 Å².